The van der Waals surface area contributed by atoms with E-state index in [-0.39, 0.29) is 23.0 Å². The van der Waals surface area contributed by atoms with Gasteiger partial charge in [-0.1, -0.05) is 65.9 Å². The molecule has 0 atom stereocenters. The van der Waals surface area contributed by atoms with Gasteiger partial charge in [-0.05, 0) is 22.9 Å². The maximum atomic E-state index is 12.9. The van der Waals surface area contributed by atoms with Gasteiger partial charge < -0.3 is 4.42 Å². The highest BCUT2D eigenvalue weighted by Gasteiger charge is 2.34. The summed E-state index contributed by atoms with van der Waals surface area (Å²) in [5, 5.41) is 2.66. The van der Waals surface area contributed by atoms with Crippen molar-refractivity contribution in [3.63, 3.8) is 0 Å². The van der Waals surface area contributed by atoms with Gasteiger partial charge in [-0.3, -0.25) is 9.59 Å². The highest BCUT2D eigenvalue weighted by atomic mass is 32.1. The summed E-state index contributed by atoms with van der Waals surface area (Å²) in [6.07, 6.45) is 1.42. The Morgan fingerprint density at radius 2 is 1.43 bits per heavy atom. The summed E-state index contributed by atoms with van der Waals surface area (Å²) in [4.78, 5) is 35.3. The number of nitrogens with zero attached hydrogens (tertiary/aromatic N) is 2. The first-order valence-corrected chi connectivity index (χ1v) is 10.2. The fraction of sp³-hybridized carbons (Fsp3) is 0. The number of hydrogen-bond donors (Lipinski definition) is 0. The van der Waals surface area contributed by atoms with Crippen LogP contribution in [-0.4, -0.2) is 21.5 Å². The number of Topliss-reactive ketones (excluding diaryl/α,β-unsaturated/α-hetero) is 2. The summed E-state index contributed by atoms with van der Waals surface area (Å²) in [7, 11) is 0. The third-order valence-electron chi connectivity index (χ3n) is 5.15. The second-order valence-corrected chi connectivity index (χ2v) is 7.99. The van der Waals surface area contributed by atoms with Crippen LogP contribution in [-0.2, 0) is 0 Å². The van der Waals surface area contributed by atoms with Gasteiger partial charge in [0.05, 0.1) is 5.57 Å². The van der Waals surface area contributed by atoms with E-state index in [0.717, 1.165) is 21.3 Å². The Morgan fingerprint density at radius 1 is 0.800 bits per heavy atom. The Bertz CT molecular complexity index is 1440. The lowest BCUT2D eigenvalue weighted by Crippen LogP contribution is -2.00. The van der Waals surface area contributed by atoms with E-state index in [4.69, 9.17) is 4.42 Å². The molecule has 0 N–H and O–H groups in total. The topological polar surface area (TPSA) is 73.1 Å². The van der Waals surface area contributed by atoms with Crippen LogP contribution in [0.3, 0.4) is 0 Å². The van der Waals surface area contributed by atoms with Crippen LogP contribution >= 0.6 is 11.3 Å². The minimum atomic E-state index is -0.305. The van der Waals surface area contributed by atoms with Gasteiger partial charge in [0.1, 0.15) is 5.01 Å². The zero-order valence-electron chi connectivity index (χ0n) is 15.5. The van der Waals surface area contributed by atoms with E-state index in [1.54, 1.807) is 12.1 Å². The Labute approximate surface area is 174 Å². The first-order valence-electron chi connectivity index (χ1n) is 9.34. The molecule has 0 bridgehead atoms. The largest absolute Gasteiger partial charge is 0.417 e. The number of thiazole rings is 1. The molecule has 0 radical (unpaired) electrons. The van der Waals surface area contributed by atoms with Crippen LogP contribution in [0.1, 0.15) is 26.6 Å². The van der Waals surface area contributed by atoms with Crippen molar-refractivity contribution in [2.75, 3.05) is 0 Å². The number of ketones is 2. The molecule has 142 valence electrons. The van der Waals surface area contributed by atoms with Crippen molar-refractivity contribution in [1.82, 2.24) is 9.97 Å². The maximum absolute atomic E-state index is 12.9. The highest BCUT2D eigenvalue weighted by molar-refractivity contribution is 7.21. The molecular weight excluding hydrogens is 396 g/mol. The van der Waals surface area contributed by atoms with Gasteiger partial charge >= 0.3 is 0 Å². The molecule has 0 saturated heterocycles. The fourth-order valence-corrected chi connectivity index (χ4v) is 4.56. The summed E-state index contributed by atoms with van der Waals surface area (Å²) in [6.45, 7) is 0. The van der Waals surface area contributed by atoms with E-state index in [1.165, 1.54) is 17.4 Å². The molecule has 0 unspecified atom stereocenters. The monoisotopic (exact) mass is 408 g/mol. The number of allylic oxidation sites excluding steroid dienone is 1. The predicted octanol–water partition coefficient (Wildman–Crippen LogP) is 5.57. The van der Waals surface area contributed by atoms with Gasteiger partial charge in [-0.15, -0.1) is 0 Å². The van der Waals surface area contributed by atoms with Crippen molar-refractivity contribution in [2.24, 2.45) is 0 Å². The molecule has 30 heavy (non-hydrogen) atoms. The van der Waals surface area contributed by atoms with E-state index in [1.807, 2.05) is 54.6 Å². The van der Waals surface area contributed by atoms with E-state index in [2.05, 4.69) is 9.97 Å². The lowest BCUT2D eigenvalue weighted by atomic mass is 10.0. The van der Waals surface area contributed by atoms with E-state index in [0.29, 0.717) is 21.7 Å². The average molecular weight is 408 g/mol. The molecule has 0 saturated carbocycles. The van der Waals surface area contributed by atoms with Crippen LogP contribution in [0.15, 0.2) is 76.7 Å². The lowest BCUT2D eigenvalue weighted by molar-refractivity contribution is 0.0990. The van der Waals surface area contributed by atoms with Crippen LogP contribution in [0.2, 0.25) is 0 Å². The lowest BCUT2D eigenvalue weighted by Gasteiger charge is -2.00. The summed E-state index contributed by atoms with van der Waals surface area (Å²) in [5.74, 6) is -0.405. The zero-order valence-corrected chi connectivity index (χ0v) is 16.3. The highest BCUT2D eigenvalue weighted by Crippen LogP contribution is 2.33. The van der Waals surface area contributed by atoms with Crippen LogP contribution in [0.25, 0.3) is 38.0 Å². The van der Waals surface area contributed by atoms with Gasteiger partial charge in [0.25, 0.3) is 5.71 Å². The standard InChI is InChI=1S/C24H12N2O3S/c27-20-16-10-14-8-4-5-9-15(14)11-17(16)21(28)18(20)12-19-25-24-22(29-19)26-23(30-24)13-6-2-1-3-7-13/h1-12H. The smallest absolute Gasteiger partial charge is 0.259 e. The molecule has 3 aromatic carbocycles. The number of rotatable bonds is 2. The van der Waals surface area contributed by atoms with Crippen molar-refractivity contribution in [2.45, 2.75) is 0 Å². The first-order chi connectivity index (χ1) is 14.7. The van der Waals surface area contributed by atoms with Crippen LogP contribution < -0.4 is 0 Å². The Hall–Kier alpha value is -3.90. The molecule has 0 spiro atoms. The molecule has 0 amide bonds. The van der Waals surface area contributed by atoms with Gasteiger partial charge in [0.15, 0.2) is 16.4 Å². The van der Waals surface area contributed by atoms with Crippen LogP contribution in [0.4, 0.5) is 0 Å². The molecule has 0 fully saturated rings. The number of fused-ring (bicyclic) bond motifs is 3. The Balaban J connectivity index is 1.39. The summed E-state index contributed by atoms with van der Waals surface area (Å²) >= 11 is 1.40. The van der Waals surface area contributed by atoms with E-state index >= 15 is 0 Å². The van der Waals surface area contributed by atoms with Crippen molar-refractivity contribution in [3.8, 4) is 10.6 Å². The second kappa shape index (κ2) is 6.30. The minimum Gasteiger partial charge on any atom is -0.417 e. The number of benzene rings is 3. The second-order valence-electron chi connectivity index (χ2n) is 7.01. The molecule has 5 nitrogen and oxygen atoms in total. The molecule has 5 aromatic rings. The van der Waals surface area contributed by atoms with Crippen molar-refractivity contribution in [3.05, 3.63) is 89.3 Å². The summed E-state index contributed by atoms with van der Waals surface area (Å²) in [5.41, 5.74) is 2.29. The molecule has 6 heteroatoms. The molecule has 1 aliphatic rings. The number of aromatic nitrogens is 2. The molecule has 1 aliphatic carbocycles. The fourth-order valence-electron chi connectivity index (χ4n) is 3.69. The number of oxazole rings is 1. The van der Waals surface area contributed by atoms with E-state index in [9.17, 15) is 9.59 Å². The van der Waals surface area contributed by atoms with Crippen molar-refractivity contribution < 1.29 is 14.0 Å². The molecule has 6 rings (SSSR count). The maximum Gasteiger partial charge on any atom is 0.259 e. The number of hydrogen-bond acceptors (Lipinski definition) is 6. The molecule has 2 heterocycles. The average Bonchev–Trinajstić information content (AvgIpc) is 3.41. The summed E-state index contributed by atoms with van der Waals surface area (Å²) < 4.78 is 5.71. The molecule has 0 aliphatic heterocycles. The van der Waals surface area contributed by atoms with Crippen molar-refractivity contribution in [1.29, 1.82) is 0 Å². The van der Waals surface area contributed by atoms with Crippen molar-refractivity contribution >= 4 is 50.3 Å². The Kier molecular flexibility index (Phi) is 3.57. The normalized spacial score (nSPS) is 13.4. The summed E-state index contributed by atoms with van der Waals surface area (Å²) in [6, 6.07) is 21.0. The number of carbonyl (C=O) groups is 2. The van der Waals surface area contributed by atoms with Gasteiger partial charge in [-0.25, -0.2) is 0 Å². The Morgan fingerprint density at radius 3 is 2.07 bits per heavy atom. The van der Waals surface area contributed by atoms with Crippen LogP contribution in [0, 0.1) is 0 Å². The zero-order chi connectivity index (χ0) is 20.2. The minimum absolute atomic E-state index is 0.0671. The molecule has 2 aromatic heterocycles. The predicted molar refractivity (Wildman–Crippen MR) is 116 cm³/mol. The molecular formula is C24H12N2O3S. The van der Waals surface area contributed by atoms with Crippen LogP contribution in [0.5, 0.6) is 0 Å². The van der Waals surface area contributed by atoms with Gasteiger partial charge in [0.2, 0.25) is 5.89 Å². The van der Waals surface area contributed by atoms with Gasteiger partial charge in [0, 0.05) is 22.8 Å². The SMILES string of the molecule is O=C1C(=Cc2nc3sc(-c4ccccc4)nc3o2)C(=O)c2cc3ccccc3cc21. The third kappa shape index (κ3) is 2.54. The first kappa shape index (κ1) is 17.0. The third-order valence-corrected chi connectivity index (χ3v) is 6.12. The van der Waals surface area contributed by atoms with E-state index < -0.39 is 0 Å². The number of carbonyl (C=O) groups excluding carboxylic acids is 2. The quantitative estimate of drug-likeness (QED) is 0.282. The van der Waals surface area contributed by atoms with Gasteiger partial charge in [-0.2, -0.15) is 9.97 Å².